The summed E-state index contributed by atoms with van der Waals surface area (Å²) in [4.78, 5) is 19.1. The van der Waals surface area contributed by atoms with E-state index in [2.05, 4.69) is 21.3 Å². The fourth-order valence-corrected chi connectivity index (χ4v) is 4.23. The van der Waals surface area contributed by atoms with Gasteiger partial charge in [-0.05, 0) is 30.9 Å². The van der Waals surface area contributed by atoms with Crippen LogP contribution in [0, 0.1) is 5.92 Å². The molecular weight excluding hydrogens is 322 g/mol. The number of anilines is 1. The van der Waals surface area contributed by atoms with Crippen molar-refractivity contribution in [3.8, 4) is 5.75 Å². The first-order chi connectivity index (χ1) is 11.8. The zero-order chi connectivity index (χ0) is 16.4. The molecule has 2 aromatic rings. The minimum absolute atomic E-state index is 0.0899. The number of carbonyl (C=O) groups excluding carboxylic acids is 1. The molecule has 3 heterocycles. The maximum atomic E-state index is 12.6. The predicted molar refractivity (Wildman–Crippen MR) is 94.6 cm³/mol. The number of rotatable bonds is 4. The molecule has 2 atom stereocenters. The normalized spacial score (nSPS) is 22.8. The molecule has 2 aliphatic rings. The zero-order valence-corrected chi connectivity index (χ0v) is 14.3. The van der Waals surface area contributed by atoms with Crippen LogP contribution in [0.4, 0.5) is 5.13 Å². The molecule has 1 aromatic heterocycles. The Bertz CT molecular complexity index is 704. The lowest BCUT2D eigenvalue weighted by atomic mass is 9.96. The van der Waals surface area contributed by atoms with Gasteiger partial charge in [-0.15, -0.1) is 11.3 Å². The molecule has 24 heavy (non-hydrogen) atoms. The average Bonchev–Trinajstić information content (AvgIpc) is 3.30. The van der Waals surface area contributed by atoms with E-state index in [-0.39, 0.29) is 11.9 Å². The number of carbonyl (C=O) groups is 1. The fourth-order valence-electron chi connectivity index (χ4n) is 3.51. The van der Waals surface area contributed by atoms with Gasteiger partial charge in [-0.1, -0.05) is 18.2 Å². The number of amides is 1. The van der Waals surface area contributed by atoms with Crippen LogP contribution in [0.2, 0.25) is 0 Å². The van der Waals surface area contributed by atoms with E-state index < -0.39 is 0 Å². The summed E-state index contributed by atoms with van der Waals surface area (Å²) in [6, 6.07) is 8.05. The van der Waals surface area contributed by atoms with E-state index in [1.165, 1.54) is 5.56 Å². The number of para-hydroxylation sites is 1. The molecule has 0 saturated carbocycles. The van der Waals surface area contributed by atoms with Crippen LogP contribution in [0.15, 0.2) is 35.8 Å². The van der Waals surface area contributed by atoms with Crippen LogP contribution in [0.5, 0.6) is 5.75 Å². The largest absolute Gasteiger partial charge is 0.493 e. The summed E-state index contributed by atoms with van der Waals surface area (Å²) in [7, 11) is 0. The Kier molecular flexibility index (Phi) is 4.38. The van der Waals surface area contributed by atoms with Crippen LogP contribution in [0.25, 0.3) is 0 Å². The molecular formula is C18H21N3O2S. The Balaban J connectivity index is 1.34. The molecule has 1 N–H and O–H groups in total. The molecule has 2 aliphatic heterocycles. The summed E-state index contributed by atoms with van der Waals surface area (Å²) in [6.07, 6.45) is 4.69. The van der Waals surface area contributed by atoms with Crippen molar-refractivity contribution in [2.24, 2.45) is 5.92 Å². The van der Waals surface area contributed by atoms with Gasteiger partial charge in [0.25, 0.3) is 0 Å². The molecule has 6 heteroatoms. The van der Waals surface area contributed by atoms with Gasteiger partial charge in [0.2, 0.25) is 5.91 Å². The van der Waals surface area contributed by atoms with Gasteiger partial charge in [-0.2, -0.15) is 0 Å². The fraction of sp³-hybridized carbons (Fsp3) is 0.444. The van der Waals surface area contributed by atoms with Gasteiger partial charge in [0.15, 0.2) is 5.13 Å². The molecule has 0 spiro atoms. The molecule has 126 valence electrons. The summed E-state index contributed by atoms with van der Waals surface area (Å²) in [5.41, 5.74) is 1.23. The van der Waals surface area contributed by atoms with Crippen molar-refractivity contribution in [2.45, 2.75) is 25.3 Å². The van der Waals surface area contributed by atoms with E-state index in [4.69, 9.17) is 4.74 Å². The molecule has 0 aliphatic carbocycles. The molecule has 1 fully saturated rings. The van der Waals surface area contributed by atoms with Gasteiger partial charge < -0.3 is 15.0 Å². The lowest BCUT2D eigenvalue weighted by molar-refractivity contribution is -0.122. The molecule has 5 nitrogen and oxygen atoms in total. The number of ether oxygens (including phenoxy) is 1. The maximum absolute atomic E-state index is 12.6. The molecule has 4 rings (SSSR count). The third-order valence-corrected chi connectivity index (χ3v) is 5.55. The minimum Gasteiger partial charge on any atom is -0.493 e. The highest BCUT2D eigenvalue weighted by Crippen LogP contribution is 2.28. The molecule has 0 bridgehead atoms. The Labute approximate surface area is 145 Å². The van der Waals surface area contributed by atoms with Gasteiger partial charge in [0.1, 0.15) is 11.8 Å². The molecule has 1 saturated heterocycles. The predicted octanol–water partition coefficient (Wildman–Crippen LogP) is 2.48. The van der Waals surface area contributed by atoms with Crippen molar-refractivity contribution in [1.29, 1.82) is 0 Å². The van der Waals surface area contributed by atoms with Crippen LogP contribution in [0.1, 0.15) is 18.4 Å². The van der Waals surface area contributed by atoms with Crippen LogP contribution < -0.4 is 15.0 Å². The van der Waals surface area contributed by atoms with Crippen molar-refractivity contribution < 1.29 is 9.53 Å². The van der Waals surface area contributed by atoms with Crippen molar-refractivity contribution in [2.75, 3.05) is 24.6 Å². The van der Waals surface area contributed by atoms with E-state index in [9.17, 15) is 4.79 Å². The Morgan fingerprint density at radius 1 is 1.42 bits per heavy atom. The molecule has 1 amide bonds. The second kappa shape index (κ2) is 6.81. The van der Waals surface area contributed by atoms with E-state index in [1.807, 2.05) is 23.6 Å². The molecule has 0 unspecified atom stereocenters. The van der Waals surface area contributed by atoms with Gasteiger partial charge >= 0.3 is 0 Å². The van der Waals surface area contributed by atoms with Gasteiger partial charge in [-0.3, -0.25) is 4.79 Å². The number of benzene rings is 1. The highest BCUT2D eigenvalue weighted by atomic mass is 32.1. The minimum atomic E-state index is -0.0899. The van der Waals surface area contributed by atoms with Crippen molar-refractivity contribution in [3.05, 3.63) is 41.4 Å². The van der Waals surface area contributed by atoms with Crippen LogP contribution in [-0.2, 0) is 11.2 Å². The Morgan fingerprint density at radius 2 is 2.33 bits per heavy atom. The summed E-state index contributed by atoms with van der Waals surface area (Å²) in [5, 5.41) is 6.04. The number of hydrogen-bond acceptors (Lipinski definition) is 5. The highest BCUT2D eigenvalue weighted by molar-refractivity contribution is 7.13. The maximum Gasteiger partial charge on any atom is 0.242 e. The first-order valence-corrected chi connectivity index (χ1v) is 9.34. The van der Waals surface area contributed by atoms with Crippen LogP contribution in [-0.4, -0.2) is 36.6 Å². The number of hydrogen-bond donors (Lipinski definition) is 1. The third-order valence-electron chi connectivity index (χ3n) is 4.74. The van der Waals surface area contributed by atoms with Crippen LogP contribution in [0.3, 0.4) is 0 Å². The van der Waals surface area contributed by atoms with Gasteiger partial charge in [-0.25, -0.2) is 4.98 Å². The van der Waals surface area contributed by atoms with E-state index >= 15 is 0 Å². The van der Waals surface area contributed by atoms with E-state index in [0.29, 0.717) is 19.1 Å². The lowest BCUT2D eigenvalue weighted by Gasteiger charge is -2.27. The number of aromatic nitrogens is 1. The SMILES string of the molecule is O=C(NC[C@H]1COc2ccccc2C1)[C@H]1CCCN1c1nccs1. The number of nitrogens with one attached hydrogen (secondary N) is 1. The Morgan fingerprint density at radius 3 is 3.21 bits per heavy atom. The number of fused-ring (bicyclic) bond motifs is 1. The monoisotopic (exact) mass is 343 g/mol. The van der Waals surface area contributed by atoms with E-state index in [0.717, 1.165) is 36.7 Å². The second-order valence-electron chi connectivity index (χ2n) is 6.40. The molecule has 1 aromatic carbocycles. The number of thiazole rings is 1. The summed E-state index contributed by atoms with van der Waals surface area (Å²) < 4.78 is 5.80. The summed E-state index contributed by atoms with van der Waals surface area (Å²) in [6.45, 7) is 2.24. The number of nitrogens with zero attached hydrogens (tertiary/aromatic N) is 2. The lowest BCUT2D eigenvalue weighted by Crippen LogP contribution is -2.45. The Hall–Kier alpha value is -2.08. The topological polar surface area (TPSA) is 54.5 Å². The standard InChI is InChI=1S/C18H21N3O2S/c22-17(15-5-3-8-21(15)18-19-7-9-24-18)20-11-13-10-14-4-1-2-6-16(14)23-12-13/h1-2,4,6-7,9,13,15H,3,5,8,10-12H2,(H,20,22)/t13-,15+/m0/s1. The first-order valence-electron chi connectivity index (χ1n) is 8.46. The van der Waals surface area contributed by atoms with E-state index in [1.54, 1.807) is 17.5 Å². The summed E-state index contributed by atoms with van der Waals surface area (Å²) >= 11 is 1.59. The average molecular weight is 343 g/mol. The molecule has 0 radical (unpaired) electrons. The zero-order valence-electron chi connectivity index (χ0n) is 13.5. The quantitative estimate of drug-likeness (QED) is 0.927. The highest BCUT2D eigenvalue weighted by Gasteiger charge is 2.32. The van der Waals surface area contributed by atoms with Crippen molar-refractivity contribution in [1.82, 2.24) is 10.3 Å². The van der Waals surface area contributed by atoms with Gasteiger partial charge in [0.05, 0.1) is 6.61 Å². The smallest absolute Gasteiger partial charge is 0.242 e. The van der Waals surface area contributed by atoms with Gasteiger partial charge in [0, 0.05) is 30.6 Å². The second-order valence-corrected chi connectivity index (χ2v) is 7.27. The summed E-state index contributed by atoms with van der Waals surface area (Å²) in [5.74, 6) is 1.42. The van der Waals surface area contributed by atoms with Crippen molar-refractivity contribution in [3.63, 3.8) is 0 Å². The van der Waals surface area contributed by atoms with Crippen molar-refractivity contribution >= 4 is 22.4 Å². The third kappa shape index (κ3) is 3.11. The first kappa shape index (κ1) is 15.4. The van der Waals surface area contributed by atoms with Crippen LogP contribution >= 0.6 is 11.3 Å².